The van der Waals surface area contributed by atoms with Gasteiger partial charge >= 0.3 is 0 Å². The molecule has 22 heavy (non-hydrogen) atoms. The van der Waals surface area contributed by atoms with Crippen LogP contribution in [0.2, 0.25) is 0 Å². The highest BCUT2D eigenvalue weighted by Crippen LogP contribution is 2.19. The van der Waals surface area contributed by atoms with Crippen LogP contribution in [0.3, 0.4) is 0 Å². The molecule has 0 bridgehead atoms. The van der Waals surface area contributed by atoms with Crippen LogP contribution in [0.15, 0.2) is 24.3 Å². The molecule has 4 nitrogen and oxygen atoms in total. The second kappa shape index (κ2) is 6.95. The van der Waals surface area contributed by atoms with Gasteiger partial charge in [-0.1, -0.05) is 12.1 Å². The summed E-state index contributed by atoms with van der Waals surface area (Å²) in [6, 6.07) is 7.30. The number of rotatable bonds is 2. The molecule has 2 heterocycles. The maximum atomic E-state index is 12.8. The molecule has 0 N–H and O–H groups in total. The number of benzene rings is 1. The van der Waals surface area contributed by atoms with Crippen molar-refractivity contribution >= 4 is 11.8 Å². The first-order chi connectivity index (χ1) is 10.8. The van der Waals surface area contributed by atoms with Crippen LogP contribution in [0, 0.1) is 0 Å². The fourth-order valence-corrected chi connectivity index (χ4v) is 3.39. The Morgan fingerprint density at radius 1 is 0.636 bits per heavy atom. The van der Waals surface area contributed by atoms with E-state index in [0.29, 0.717) is 11.1 Å². The first-order valence-corrected chi connectivity index (χ1v) is 8.45. The zero-order chi connectivity index (χ0) is 15.4. The predicted molar refractivity (Wildman–Crippen MR) is 86.0 cm³/mol. The van der Waals surface area contributed by atoms with Gasteiger partial charge in [0.1, 0.15) is 0 Å². The Labute approximate surface area is 132 Å². The van der Waals surface area contributed by atoms with Crippen LogP contribution < -0.4 is 0 Å². The molecule has 0 saturated carbocycles. The van der Waals surface area contributed by atoms with Crippen LogP contribution in [-0.2, 0) is 0 Å². The molecule has 0 atom stereocenters. The summed E-state index contributed by atoms with van der Waals surface area (Å²) in [6.07, 6.45) is 6.64. The number of hydrogen-bond acceptors (Lipinski definition) is 2. The topological polar surface area (TPSA) is 40.6 Å². The van der Waals surface area contributed by atoms with Crippen molar-refractivity contribution < 1.29 is 9.59 Å². The van der Waals surface area contributed by atoms with Gasteiger partial charge < -0.3 is 9.80 Å². The lowest BCUT2D eigenvalue weighted by atomic mass is 10.0. The third-order valence-electron chi connectivity index (χ3n) is 4.67. The number of piperidine rings is 2. The minimum Gasteiger partial charge on any atom is -0.339 e. The summed E-state index contributed by atoms with van der Waals surface area (Å²) in [5, 5.41) is 0. The lowest BCUT2D eigenvalue weighted by Crippen LogP contribution is -2.39. The Morgan fingerprint density at radius 2 is 1.00 bits per heavy atom. The second-order valence-electron chi connectivity index (χ2n) is 6.25. The van der Waals surface area contributed by atoms with Gasteiger partial charge in [0.2, 0.25) is 0 Å². The van der Waals surface area contributed by atoms with E-state index in [1.807, 2.05) is 21.9 Å². The summed E-state index contributed by atoms with van der Waals surface area (Å²) in [6.45, 7) is 3.24. The fraction of sp³-hybridized carbons (Fsp3) is 0.556. The van der Waals surface area contributed by atoms with Gasteiger partial charge in [0.25, 0.3) is 11.8 Å². The van der Waals surface area contributed by atoms with Crippen LogP contribution >= 0.6 is 0 Å². The van der Waals surface area contributed by atoms with Crippen LogP contribution in [0.25, 0.3) is 0 Å². The van der Waals surface area contributed by atoms with Gasteiger partial charge in [0.15, 0.2) is 0 Å². The minimum atomic E-state index is 0.0145. The van der Waals surface area contributed by atoms with E-state index in [1.165, 1.54) is 12.8 Å². The van der Waals surface area contributed by atoms with Gasteiger partial charge in [-0.3, -0.25) is 9.59 Å². The maximum Gasteiger partial charge on any atom is 0.254 e. The minimum absolute atomic E-state index is 0.0145. The molecule has 0 radical (unpaired) electrons. The van der Waals surface area contributed by atoms with Crippen LogP contribution in [0.4, 0.5) is 0 Å². The number of nitrogens with zero attached hydrogens (tertiary/aromatic N) is 2. The Hall–Kier alpha value is -1.84. The Morgan fingerprint density at radius 3 is 1.36 bits per heavy atom. The van der Waals surface area contributed by atoms with Crippen molar-refractivity contribution in [3.63, 3.8) is 0 Å². The van der Waals surface area contributed by atoms with Crippen molar-refractivity contribution in [2.45, 2.75) is 38.5 Å². The molecule has 118 valence electrons. The smallest absolute Gasteiger partial charge is 0.254 e. The van der Waals surface area contributed by atoms with Crippen molar-refractivity contribution in [2.24, 2.45) is 0 Å². The third kappa shape index (κ3) is 3.16. The van der Waals surface area contributed by atoms with E-state index in [4.69, 9.17) is 0 Å². The third-order valence-corrected chi connectivity index (χ3v) is 4.67. The fourth-order valence-electron chi connectivity index (χ4n) is 3.39. The molecule has 0 aliphatic carbocycles. The van der Waals surface area contributed by atoms with E-state index in [9.17, 15) is 9.59 Å². The number of likely N-dealkylation sites (tertiary alicyclic amines) is 2. The maximum absolute atomic E-state index is 12.8. The SMILES string of the molecule is O=C(c1ccccc1C(=O)N1CCCCC1)N1CCCCC1. The Balaban J connectivity index is 1.82. The van der Waals surface area contributed by atoms with Gasteiger partial charge in [-0.25, -0.2) is 0 Å². The summed E-state index contributed by atoms with van der Waals surface area (Å²) in [5.41, 5.74) is 1.14. The molecule has 2 saturated heterocycles. The summed E-state index contributed by atoms with van der Waals surface area (Å²) in [4.78, 5) is 29.3. The van der Waals surface area contributed by atoms with Crippen LogP contribution in [-0.4, -0.2) is 47.8 Å². The number of hydrogen-bond donors (Lipinski definition) is 0. The van der Waals surface area contributed by atoms with Gasteiger partial charge in [-0.2, -0.15) is 0 Å². The van der Waals surface area contributed by atoms with Crippen LogP contribution in [0.1, 0.15) is 59.2 Å². The van der Waals surface area contributed by atoms with E-state index >= 15 is 0 Å². The van der Waals surface area contributed by atoms with Gasteiger partial charge in [-0.15, -0.1) is 0 Å². The highest BCUT2D eigenvalue weighted by Gasteiger charge is 2.26. The molecular formula is C18H24N2O2. The average molecular weight is 300 g/mol. The molecule has 0 unspecified atom stereocenters. The first-order valence-electron chi connectivity index (χ1n) is 8.45. The number of amides is 2. The van der Waals surface area contributed by atoms with Crippen molar-refractivity contribution in [3.8, 4) is 0 Å². The molecule has 1 aromatic carbocycles. The predicted octanol–water partition coefficient (Wildman–Crippen LogP) is 2.94. The van der Waals surface area contributed by atoms with Gasteiger partial charge in [0, 0.05) is 26.2 Å². The molecule has 2 aliphatic heterocycles. The van der Waals surface area contributed by atoms with Crippen molar-refractivity contribution in [3.05, 3.63) is 35.4 Å². The molecule has 4 heteroatoms. The van der Waals surface area contributed by atoms with Gasteiger partial charge in [-0.05, 0) is 50.7 Å². The molecule has 0 spiro atoms. The zero-order valence-electron chi connectivity index (χ0n) is 13.1. The normalized spacial score (nSPS) is 19.1. The quantitative estimate of drug-likeness (QED) is 0.842. The lowest BCUT2D eigenvalue weighted by molar-refractivity contribution is 0.0685. The second-order valence-corrected chi connectivity index (χ2v) is 6.25. The summed E-state index contributed by atoms with van der Waals surface area (Å²) in [5.74, 6) is 0.0290. The lowest BCUT2D eigenvalue weighted by Gasteiger charge is -2.29. The largest absolute Gasteiger partial charge is 0.339 e. The van der Waals surface area contributed by atoms with E-state index in [0.717, 1.165) is 51.9 Å². The van der Waals surface area contributed by atoms with Crippen LogP contribution in [0.5, 0.6) is 0 Å². The van der Waals surface area contributed by atoms with E-state index in [1.54, 1.807) is 12.1 Å². The highest BCUT2D eigenvalue weighted by atomic mass is 16.2. The average Bonchev–Trinajstić information content (AvgIpc) is 2.62. The number of carbonyl (C=O) groups is 2. The Bertz CT molecular complexity index is 495. The van der Waals surface area contributed by atoms with E-state index < -0.39 is 0 Å². The van der Waals surface area contributed by atoms with Gasteiger partial charge in [0.05, 0.1) is 11.1 Å². The highest BCUT2D eigenvalue weighted by molar-refractivity contribution is 6.07. The first kappa shape index (κ1) is 15.1. The Kier molecular flexibility index (Phi) is 4.76. The van der Waals surface area contributed by atoms with Crippen molar-refractivity contribution in [2.75, 3.05) is 26.2 Å². The molecule has 0 aromatic heterocycles. The number of carbonyl (C=O) groups excluding carboxylic acids is 2. The standard InChI is InChI=1S/C18H24N2O2/c21-17(19-11-5-1-6-12-19)15-9-3-4-10-16(15)18(22)20-13-7-2-8-14-20/h3-4,9-10H,1-2,5-8,11-14H2. The molecule has 3 rings (SSSR count). The molecule has 2 amide bonds. The van der Waals surface area contributed by atoms with E-state index in [2.05, 4.69) is 0 Å². The molecule has 1 aromatic rings. The van der Waals surface area contributed by atoms with Crippen molar-refractivity contribution in [1.29, 1.82) is 0 Å². The molecule has 2 fully saturated rings. The summed E-state index contributed by atoms with van der Waals surface area (Å²) < 4.78 is 0. The monoisotopic (exact) mass is 300 g/mol. The molecular weight excluding hydrogens is 276 g/mol. The van der Waals surface area contributed by atoms with E-state index in [-0.39, 0.29) is 11.8 Å². The molecule has 2 aliphatic rings. The zero-order valence-corrected chi connectivity index (χ0v) is 13.1. The summed E-state index contributed by atoms with van der Waals surface area (Å²) in [7, 11) is 0. The van der Waals surface area contributed by atoms with Crippen molar-refractivity contribution in [1.82, 2.24) is 9.80 Å². The summed E-state index contributed by atoms with van der Waals surface area (Å²) >= 11 is 0.